The number of hydrogen-bond donors (Lipinski definition) is 2. The molecule has 2 N–H and O–H groups in total. The summed E-state index contributed by atoms with van der Waals surface area (Å²) in [6.45, 7) is 1.80. The molecule has 0 bridgehead atoms. The molecule has 4 nitrogen and oxygen atoms in total. The van der Waals surface area contributed by atoms with Crippen molar-refractivity contribution in [1.82, 2.24) is 9.97 Å². The Kier molecular flexibility index (Phi) is 4.20. The minimum absolute atomic E-state index is 0.221. The normalized spacial score (nSPS) is 10.9. The van der Waals surface area contributed by atoms with Gasteiger partial charge in [-0.2, -0.15) is 0 Å². The van der Waals surface area contributed by atoms with E-state index < -0.39 is 5.82 Å². The van der Waals surface area contributed by atoms with Gasteiger partial charge >= 0.3 is 0 Å². The van der Waals surface area contributed by atoms with Crippen LogP contribution in [0.5, 0.6) is 0 Å². The molecule has 27 heavy (non-hydrogen) atoms. The van der Waals surface area contributed by atoms with Crippen molar-refractivity contribution in [3.63, 3.8) is 0 Å². The summed E-state index contributed by atoms with van der Waals surface area (Å²) >= 11 is 0. The van der Waals surface area contributed by atoms with Crippen molar-refractivity contribution in [2.24, 2.45) is 0 Å². The number of aryl methyl sites for hydroxylation is 1. The lowest BCUT2D eigenvalue weighted by Crippen LogP contribution is -2.03. The zero-order valence-corrected chi connectivity index (χ0v) is 15.0. The van der Waals surface area contributed by atoms with E-state index >= 15 is 0 Å². The molecule has 0 atom stereocenters. The van der Waals surface area contributed by atoms with E-state index in [1.807, 2.05) is 37.4 Å². The second kappa shape index (κ2) is 6.68. The number of rotatable bonds is 4. The van der Waals surface area contributed by atoms with E-state index in [4.69, 9.17) is 0 Å². The third-order valence-electron chi connectivity index (χ3n) is 4.70. The predicted octanol–water partition coefficient (Wildman–Crippen LogP) is 4.95. The van der Waals surface area contributed by atoms with Crippen LogP contribution in [-0.4, -0.2) is 22.8 Å². The topological polar surface area (TPSA) is 57.8 Å². The Hall–Kier alpha value is -3.47. The van der Waals surface area contributed by atoms with Crippen LogP contribution in [0.4, 0.5) is 10.1 Å². The number of ketones is 1. The number of H-pyrrole nitrogens is 1. The molecule has 0 saturated heterocycles. The van der Waals surface area contributed by atoms with Crippen LogP contribution in [-0.2, 0) is 0 Å². The van der Waals surface area contributed by atoms with Crippen molar-refractivity contribution >= 4 is 22.5 Å². The Labute approximate surface area is 156 Å². The SMILES string of the molecule is CNc1cccc(-c2cnc3[nH]cc(C(=O)c4cc(F)ccc4C)c3c2)c1. The number of anilines is 1. The molecule has 4 rings (SSSR count). The highest BCUT2D eigenvalue weighted by Gasteiger charge is 2.18. The van der Waals surface area contributed by atoms with E-state index in [-0.39, 0.29) is 5.78 Å². The quantitative estimate of drug-likeness (QED) is 0.507. The van der Waals surface area contributed by atoms with E-state index in [9.17, 15) is 9.18 Å². The second-order valence-electron chi connectivity index (χ2n) is 6.44. The van der Waals surface area contributed by atoms with Crippen molar-refractivity contribution in [2.75, 3.05) is 12.4 Å². The third-order valence-corrected chi connectivity index (χ3v) is 4.70. The van der Waals surface area contributed by atoms with Crippen LogP contribution in [0.1, 0.15) is 21.5 Å². The summed E-state index contributed by atoms with van der Waals surface area (Å²) < 4.78 is 13.6. The van der Waals surface area contributed by atoms with Gasteiger partial charge in [0, 0.05) is 47.2 Å². The second-order valence-corrected chi connectivity index (χ2v) is 6.44. The van der Waals surface area contributed by atoms with Crippen LogP contribution in [0.15, 0.2) is 60.9 Å². The lowest BCUT2D eigenvalue weighted by molar-refractivity contribution is 0.103. The van der Waals surface area contributed by atoms with Crippen molar-refractivity contribution in [2.45, 2.75) is 6.92 Å². The summed E-state index contributed by atoms with van der Waals surface area (Å²) in [7, 11) is 1.87. The molecule has 5 heteroatoms. The Balaban J connectivity index is 1.83. The molecule has 0 spiro atoms. The minimum Gasteiger partial charge on any atom is -0.388 e. The maximum Gasteiger partial charge on any atom is 0.195 e. The molecule has 134 valence electrons. The number of aromatic nitrogens is 2. The number of fused-ring (bicyclic) bond motifs is 1. The third kappa shape index (κ3) is 3.08. The van der Waals surface area contributed by atoms with Crippen molar-refractivity contribution in [1.29, 1.82) is 0 Å². The smallest absolute Gasteiger partial charge is 0.195 e. The Morgan fingerprint density at radius 1 is 1.07 bits per heavy atom. The Morgan fingerprint density at radius 3 is 2.74 bits per heavy atom. The first kappa shape index (κ1) is 17.0. The van der Waals surface area contributed by atoms with Gasteiger partial charge in [-0.1, -0.05) is 18.2 Å². The highest BCUT2D eigenvalue weighted by atomic mass is 19.1. The monoisotopic (exact) mass is 359 g/mol. The average molecular weight is 359 g/mol. The Bertz CT molecular complexity index is 1160. The van der Waals surface area contributed by atoms with Gasteiger partial charge in [-0.3, -0.25) is 4.79 Å². The standard InChI is InChI=1S/C22H18FN3O/c1-13-6-7-16(23)10-18(13)21(27)20-12-26-22-19(20)9-15(11-25-22)14-4-3-5-17(8-14)24-2/h3-12,24H,1-2H3,(H,25,26). The first-order valence-electron chi connectivity index (χ1n) is 8.63. The summed E-state index contributed by atoms with van der Waals surface area (Å²) in [5, 5.41) is 3.83. The first-order valence-corrected chi connectivity index (χ1v) is 8.63. The molecule has 2 aromatic carbocycles. The fourth-order valence-corrected chi connectivity index (χ4v) is 3.19. The Morgan fingerprint density at radius 2 is 1.93 bits per heavy atom. The molecule has 4 aromatic rings. The molecule has 2 aromatic heterocycles. The number of pyridine rings is 1. The van der Waals surface area contributed by atoms with Gasteiger partial charge in [-0.25, -0.2) is 9.37 Å². The van der Waals surface area contributed by atoms with E-state index in [2.05, 4.69) is 15.3 Å². The molecule has 0 unspecified atom stereocenters. The summed E-state index contributed by atoms with van der Waals surface area (Å²) in [5.74, 6) is -0.646. The van der Waals surface area contributed by atoms with Crippen LogP contribution in [0.3, 0.4) is 0 Å². The van der Waals surface area contributed by atoms with E-state index in [0.29, 0.717) is 16.8 Å². The molecule has 0 fully saturated rings. The fraction of sp³-hybridized carbons (Fsp3) is 0.0909. The van der Waals surface area contributed by atoms with Gasteiger partial charge in [0.2, 0.25) is 0 Å². The number of nitrogens with one attached hydrogen (secondary N) is 2. The van der Waals surface area contributed by atoms with Gasteiger partial charge in [0.05, 0.1) is 0 Å². The van der Waals surface area contributed by atoms with Gasteiger partial charge < -0.3 is 10.3 Å². The molecule has 0 aliphatic heterocycles. The summed E-state index contributed by atoms with van der Waals surface area (Å²) in [6.07, 6.45) is 3.41. The number of aromatic amines is 1. The van der Waals surface area contributed by atoms with E-state index in [1.165, 1.54) is 12.1 Å². The highest BCUT2D eigenvalue weighted by molar-refractivity contribution is 6.16. The largest absolute Gasteiger partial charge is 0.388 e. The lowest BCUT2D eigenvalue weighted by atomic mass is 9.98. The molecule has 0 aliphatic rings. The first-order chi connectivity index (χ1) is 13.1. The molecular weight excluding hydrogens is 341 g/mol. The van der Waals surface area contributed by atoms with Gasteiger partial charge in [-0.05, 0) is 48.4 Å². The van der Waals surface area contributed by atoms with Crippen molar-refractivity contribution in [3.05, 3.63) is 83.4 Å². The van der Waals surface area contributed by atoms with Gasteiger partial charge in [0.25, 0.3) is 0 Å². The van der Waals surface area contributed by atoms with Crippen molar-refractivity contribution in [3.8, 4) is 11.1 Å². The zero-order chi connectivity index (χ0) is 19.0. The molecule has 0 amide bonds. The van der Waals surface area contributed by atoms with Crippen LogP contribution < -0.4 is 5.32 Å². The van der Waals surface area contributed by atoms with Crippen LogP contribution in [0.2, 0.25) is 0 Å². The van der Waals surface area contributed by atoms with Gasteiger partial charge in [-0.15, -0.1) is 0 Å². The van der Waals surface area contributed by atoms with E-state index in [0.717, 1.165) is 27.8 Å². The number of carbonyl (C=O) groups excluding carboxylic acids is 1. The van der Waals surface area contributed by atoms with Crippen LogP contribution in [0.25, 0.3) is 22.2 Å². The van der Waals surface area contributed by atoms with E-state index in [1.54, 1.807) is 25.4 Å². The minimum atomic E-state index is -0.425. The molecule has 0 saturated carbocycles. The fourth-order valence-electron chi connectivity index (χ4n) is 3.19. The summed E-state index contributed by atoms with van der Waals surface area (Å²) in [5.41, 5.74) is 5.11. The van der Waals surface area contributed by atoms with Gasteiger partial charge in [0.1, 0.15) is 11.5 Å². The van der Waals surface area contributed by atoms with Crippen LogP contribution in [0, 0.1) is 12.7 Å². The summed E-state index contributed by atoms with van der Waals surface area (Å²) in [4.78, 5) is 20.5. The molecule has 0 aliphatic carbocycles. The molecular formula is C22H18FN3O. The zero-order valence-electron chi connectivity index (χ0n) is 15.0. The maximum absolute atomic E-state index is 13.6. The summed E-state index contributed by atoms with van der Waals surface area (Å²) in [6, 6.07) is 14.2. The number of halogens is 1. The number of hydrogen-bond acceptors (Lipinski definition) is 3. The van der Waals surface area contributed by atoms with Gasteiger partial charge in [0.15, 0.2) is 5.78 Å². The molecule has 0 radical (unpaired) electrons. The number of nitrogens with zero attached hydrogens (tertiary/aromatic N) is 1. The van der Waals surface area contributed by atoms with Crippen LogP contribution >= 0.6 is 0 Å². The van der Waals surface area contributed by atoms with Crippen molar-refractivity contribution < 1.29 is 9.18 Å². The average Bonchev–Trinajstić information content (AvgIpc) is 3.12. The number of benzene rings is 2. The molecule has 2 heterocycles. The predicted molar refractivity (Wildman–Crippen MR) is 106 cm³/mol. The maximum atomic E-state index is 13.6. The lowest BCUT2D eigenvalue weighted by Gasteiger charge is -2.07. The highest BCUT2D eigenvalue weighted by Crippen LogP contribution is 2.28. The number of carbonyl (C=O) groups is 1.